The van der Waals surface area contributed by atoms with Crippen molar-refractivity contribution in [3.8, 4) is 0 Å². The van der Waals surface area contributed by atoms with E-state index in [1.165, 1.54) is 0 Å². The van der Waals surface area contributed by atoms with E-state index < -0.39 is 11.9 Å². The van der Waals surface area contributed by atoms with Crippen LogP contribution in [-0.2, 0) is 9.59 Å². The maximum Gasteiger partial charge on any atom is 0.331 e. The predicted molar refractivity (Wildman–Crippen MR) is 79.7 cm³/mol. The van der Waals surface area contributed by atoms with E-state index in [0.717, 1.165) is 49.7 Å². The minimum Gasteiger partial charge on any atom is -0.478 e. The van der Waals surface area contributed by atoms with Crippen LogP contribution in [0, 0.1) is 0 Å². The molecule has 0 heterocycles. The van der Waals surface area contributed by atoms with Crippen molar-refractivity contribution >= 4 is 11.9 Å². The average Bonchev–Trinajstić information content (AvgIpc) is 2.39. The van der Waals surface area contributed by atoms with Crippen molar-refractivity contribution in [2.45, 2.75) is 66.2 Å². The third kappa shape index (κ3) is 7.12. The highest BCUT2D eigenvalue weighted by atomic mass is 16.4. The summed E-state index contributed by atoms with van der Waals surface area (Å²) in [5, 5.41) is 17.7. The van der Waals surface area contributed by atoms with E-state index in [1.54, 1.807) is 13.8 Å². The highest BCUT2D eigenvalue weighted by molar-refractivity contribution is 5.87. The highest BCUT2D eigenvalue weighted by Crippen LogP contribution is 2.17. The van der Waals surface area contributed by atoms with Gasteiger partial charge in [-0.05, 0) is 53.4 Å². The fourth-order valence-corrected chi connectivity index (χ4v) is 1.87. The van der Waals surface area contributed by atoms with Crippen molar-refractivity contribution in [2.24, 2.45) is 0 Å². The number of carboxylic acid groups (broad SMARTS) is 2. The van der Waals surface area contributed by atoms with Gasteiger partial charge < -0.3 is 10.2 Å². The van der Waals surface area contributed by atoms with Gasteiger partial charge in [-0.15, -0.1) is 0 Å². The Labute approximate surface area is 121 Å². The van der Waals surface area contributed by atoms with Crippen LogP contribution in [0.3, 0.4) is 0 Å². The predicted octanol–water partition coefficient (Wildman–Crippen LogP) is 4.17. The molecule has 0 bridgehead atoms. The van der Waals surface area contributed by atoms with Crippen molar-refractivity contribution < 1.29 is 19.8 Å². The van der Waals surface area contributed by atoms with E-state index in [0.29, 0.717) is 11.1 Å². The van der Waals surface area contributed by atoms with Gasteiger partial charge in [0.2, 0.25) is 0 Å². The Morgan fingerprint density at radius 1 is 0.650 bits per heavy atom. The smallest absolute Gasteiger partial charge is 0.331 e. The van der Waals surface area contributed by atoms with E-state index in [2.05, 4.69) is 0 Å². The van der Waals surface area contributed by atoms with Gasteiger partial charge in [0.1, 0.15) is 0 Å². The second-order valence-corrected chi connectivity index (χ2v) is 5.34. The van der Waals surface area contributed by atoms with Crippen LogP contribution in [0.5, 0.6) is 0 Å². The van der Waals surface area contributed by atoms with Crippen molar-refractivity contribution in [1.82, 2.24) is 0 Å². The summed E-state index contributed by atoms with van der Waals surface area (Å²) in [5.74, 6) is -1.68. The first kappa shape index (κ1) is 18.4. The molecule has 0 aromatic rings. The zero-order chi connectivity index (χ0) is 15.7. The number of unbranched alkanes of at least 4 members (excludes halogenated alkanes) is 3. The topological polar surface area (TPSA) is 74.6 Å². The molecule has 20 heavy (non-hydrogen) atoms. The van der Waals surface area contributed by atoms with Crippen LogP contribution in [0.4, 0.5) is 0 Å². The third-order valence-electron chi connectivity index (χ3n) is 3.78. The van der Waals surface area contributed by atoms with Crippen LogP contribution < -0.4 is 0 Å². The molecule has 0 saturated carbocycles. The molecule has 0 spiro atoms. The van der Waals surface area contributed by atoms with Gasteiger partial charge in [-0.1, -0.05) is 24.0 Å². The van der Waals surface area contributed by atoms with Gasteiger partial charge in [-0.2, -0.15) is 0 Å². The quantitative estimate of drug-likeness (QED) is 0.491. The van der Waals surface area contributed by atoms with E-state index in [4.69, 9.17) is 10.2 Å². The summed E-state index contributed by atoms with van der Waals surface area (Å²) in [6, 6.07) is 0. The number of carboxylic acids is 2. The third-order valence-corrected chi connectivity index (χ3v) is 3.78. The number of aliphatic carboxylic acids is 2. The molecule has 0 saturated heterocycles. The molecule has 0 rings (SSSR count). The number of hydrogen-bond donors (Lipinski definition) is 2. The van der Waals surface area contributed by atoms with Crippen LogP contribution in [0.2, 0.25) is 0 Å². The van der Waals surface area contributed by atoms with Crippen LogP contribution in [0.25, 0.3) is 0 Å². The monoisotopic (exact) mass is 282 g/mol. The molecule has 0 unspecified atom stereocenters. The minimum absolute atomic E-state index is 0.445. The molecule has 0 aliphatic carbocycles. The SMILES string of the molecule is C/C(CCCCCC/C(C)=C(\C)C(=O)O)=C(\C)C(=O)O. The van der Waals surface area contributed by atoms with Crippen LogP contribution in [0.15, 0.2) is 22.3 Å². The highest BCUT2D eigenvalue weighted by Gasteiger charge is 2.06. The lowest BCUT2D eigenvalue weighted by Gasteiger charge is -2.06. The van der Waals surface area contributed by atoms with Crippen LogP contribution in [0.1, 0.15) is 66.2 Å². The van der Waals surface area contributed by atoms with E-state index >= 15 is 0 Å². The Balaban J connectivity index is 3.90. The number of carbonyl (C=O) groups is 2. The van der Waals surface area contributed by atoms with Gasteiger partial charge in [-0.25, -0.2) is 9.59 Å². The van der Waals surface area contributed by atoms with Crippen molar-refractivity contribution in [2.75, 3.05) is 0 Å². The lowest BCUT2D eigenvalue weighted by molar-refractivity contribution is -0.133. The summed E-state index contributed by atoms with van der Waals surface area (Å²) in [6.07, 6.45) is 5.70. The normalized spacial score (nSPS) is 13.6. The molecular weight excluding hydrogens is 256 g/mol. The molecule has 0 amide bonds. The van der Waals surface area contributed by atoms with Gasteiger partial charge in [0.25, 0.3) is 0 Å². The fourth-order valence-electron chi connectivity index (χ4n) is 1.87. The molecule has 0 aromatic heterocycles. The van der Waals surface area contributed by atoms with Crippen molar-refractivity contribution in [1.29, 1.82) is 0 Å². The summed E-state index contributed by atoms with van der Waals surface area (Å²) in [5.41, 5.74) is 2.77. The molecule has 114 valence electrons. The van der Waals surface area contributed by atoms with E-state index in [1.807, 2.05) is 13.8 Å². The van der Waals surface area contributed by atoms with E-state index in [-0.39, 0.29) is 0 Å². The lowest BCUT2D eigenvalue weighted by Crippen LogP contribution is -2.00. The summed E-state index contributed by atoms with van der Waals surface area (Å²) < 4.78 is 0. The Bertz CT molecular complexity index is 376. The minimum atomic E-state index is -0.840. The molecule has 0 atom stereocenters. The van der Waals surface area contributed by atoms with Crippen molar-refractivity contribution in [3.05, 3.63) is 22.3 Å². The maximum atomic E-state index is 10.8. The second kappa shape index (κ2) is 9.34. The molecule has 0 aliphatic heterocycles. The van der Waals surface area contributed by atoms with Gasteiger partial charge in [-0.3, -0.25) is 0 Å². The van der Waals surface area contributed by atoms with Gasteiger partial charge in [0.15, 0.2) is 0 Å². The molecule has 2 N–H and O–H groups in total. The zero-order valence-electron chi connectivity index (χ0n) is 13.0. The molecule has 4 nitrogen and oxygen atoms in total. The standard InChI is InChI=1S/C16H26O4/c1-11(13(3)15(17)18)9-7-5-6-8-10-12(2)14(4)16(19)20/h5-10H2,1-4H3,(H,17,18)(H,19,20)/b13-11-,14-12+. The van der Waals surface area contributed by atoms with E-state index in [9.17, 15) is 9.59 Å². The maximum absolute atomic E-state index is 10.8. The van der Waals surface area contributed by atoms with Crippen molar-refractivity contribution in [3.63, 3.8) is 0 Å². The number of hydrogen-bond acceptors (Lipinski definition) is 2. The van der Waals surface area contributed by atoms with Crippen LogP contribution >= 0.6 is 0 Å². The zero-order valence-corrected chi connectivity index (χ0v) is 13.0. The Morgan fingerprint density at radius 2 is 0.950 bits per heavy atom. The number of rotatable bonds is 9. The van der Waals surface area contributed by atoms with Gasteiger partial charge in [0, 0.05) is 11.1 Å². The molecule has 0 radical (unpaired) electrons. The Morgan fingerprint density at radius 3 is 1.20 bits per heavy atom. The Kier molecular flexibility index (Phi) is 8.61. The summed E-state index contributed by atoms with van der Waals surface area (Å²) in [6.45, 7) is 7.01. The summed E-state index contributed by atoms with van der Waals surface area (Å²) in [4.78, 5) is 21.5. The second-order valence-electron chi connectivity index (χ2n) is 5.34. The Hall–Kier alpha value is -1.58. The molecule has 0 aromatic carbocycles. The first-order valence-corrected chi connectivity index (χ1v) is 7.06. The average molecular weight is 282 g/mol. The molecule has 4 heteroatoms. The van der Waals surface area contributed by atoms with Gasteiger partial charge >= 0.3 is 11.9 Å². The first-order chi connectivity index (χ1) is 9.27. The summed E-state index contributed by atoms with van der Waals surface area (Å²) >= 11 is 0. The molecule has 0 fully saturated rings. The van der Waals surface area contributed by atoms with Gasteiger partial charge in [0.05, 0.1) is 0 Å². The van der Waals surface area contributed by atoms with Crippen LogP contribution in [-0.4, -0.2) is 22.2 Å². The first-order valence-electron chi connectivity index (χ1n) is 7.06. The largest absolute Gasteiger partial charge is 0.478 e. The fraction of sp³-hybridized carbons (Fsp3) is 0.625. The summed E-state index contributed by atoms with van der Waals surface area (Å²) in [7, 11) is 0. The molecule has 0 aliphatic rings. The lowest BCUT2D eigenvalue weighted by atomic mass is 10.0. The molecular formula is C16H26O4. The number of allylic oxidation sites excluding steroid dienone is 2.